The summed E-state index contributed by atoms with van der Waals surface area (Å²) in [6, 6.07) is 11.4. The molecule has 4 N–H and O–H groups in total. The molecule has 0 saturated carbocycles. The molecular weight excluding hydrogens is 349 g/mol. The summed E-state index contributed by atoms with van der Waals surface area (Å²) in [4.78, 5) is 22.6. The fourth-order valence-electron chi connectivity index (χ4n) is 2.63. The molecule has 0 fully saturated rings. The Morgan fingerprint density at radius 1 is 1.08 bits per heavy atom. The second-order valence-electron chi connectivity index (χ2n) is 5.78. The summed E-state index contributed by atoms with van der Waals surface area (Å²) in [6.07, 6.45) is -4.63. The normalized spacial score (nSPS) is 12.5. The van der Waals surface area contributed by atoms with Gasteiger partial charge in [-0.15, -0.1) is 0 Å². The Labute approximate surface area is 147 Å². The molecular formula is C18H17F3N2O3. The second kappa shape index (κ2) is 8.01. The number of hydrogen-bond donors (Lipinski definition) is 3. The number of alkyl halides is 3. The molecule has 1 atom stereocenters. The van der Waals surface area contributed by atoms with Crippen molar-refractivity contribution < 1.29 is 28.0 Å². The van der Waals surface area contributed by atoms with Gasteiger partial charge >= 0.3 is 6.18 Å². The Hall–Kier alpha value is -2.87. The van der Waals surface area contributed by atoms with Crippen LogP contribution in [0.1, 0.15) is 17.5 Å². The summed E-state index contributed by atoms with van der Waals surface area (Å²) in [5.74, 6) is -2.29. The van der Waals surface area contributed by atoms with Crippen LogP contribution in [0.2, 0.25) is 0 Å². The van der Waals surface area contributed by atoms with Gasteiger partial charge < -0.3 is 5.73 Å². The van der Waals surface area contributed by atoms with Crippen LogP contribution >= 0.6 is 0 Å². The molecule has 2 rings (SSSR count). The van der Waals surface area contributed by atoms with Crippen LogP contribution in [0.4, 0.5) is 13.2 Å². The highest BCUT2D eigenvalue weighted by Gasteiger charge is 2.33. The van der Waals surface area contributed by atoms with Crippen molar-refractivity contribution in [1.82, 2.24) is 5.48 Å². The van der Waals surface area contributed by atoms with E-state index in [2.05, 4.69) is 0 Å². The summed E-state index contributed by atoms with van der Waals surface area (Å²) in [6.45, 7) is 0. The third-order valence-electron chi connectivity index (χ3n) is 3.94. The average molecular weight is 366 g/mol. The predicted molar refractivity (Wildman–Crippen MR) is 87.8 cm³/mol. The molecule has 0 spiro atoms. The smallest absolute Gasteiger partial charge is 0.369 e. The fourth-order valence-corrected chi connectivity index (χ4v) is 2.63. The third kappa shape index (κ3) is 4.82. The molecule has 0 aliphatic heterocycles. The molecule has 2 aromatic carbocycles. The molecule has 0 unspecified atom stereocenters. The van der Waals surface area contributed by atoms with Gasteiger partial charge in [0.1, 0.15) is 0 Å². The first-order valence-corrected chi connectivity index (χ1v) is 7.70. The Kier molecular flexibility index (Phi) is 5.99. The number of rotatable bonds is 6. The monoisotopic (exact) mass is 366 g/mol. The van der Waals surface area contributed by atoms with E-state index in [9.17, 15) is 22.8 Å². The number of amides is 2. The standard InChI is InChI=1S/C18H17F3N2O3/c19-18(20,21)15-4-2-1-3-14(15)12-7-5-11(6-8-12)9-13(17(22)25)10-16(24)23-26/h1-8,13,26H,9-10H2,(H2,22,25)(H,23,24)/t13-/m1/s1. The van der Waals surface area contributed by atoms with E-state index in [-0.39, 0.29) is 18.4 Å². The number of primary amides is 1. The quantitative estimate of drug-likeness (QED) is 0.542. The molecule has 0 heterocycles. The molecule has 0 bridgehead atoms. The first kappa shape index (κ1) is 19.5. The number of hydrogen-bond acceptors (Lipinski definition) is 3. The number of nitrogens with one attached hydrogen (secondary N) is 1. The van der Waals surface area contributed by atoms with Crippen LogP contribution in [-0.2, 0) is 22.2 Å². The lowest BCUT2D eigenvalue weighted by Gasteiger charge is -2.14. The van der Waals surface area contributed by atoms with Crippen molar-refractivity contribution in [3.8, 4) is 11.1 Å². The molecule has 0 aliphatic carbocycles. The van der Waals surface area contributed by atoms with E-state index in [0.717, 1.165) is 6.07 Å². The van der Waals surface area contributed by atoms with E-state index in [1.54, 1.807) is 12.1 Å². The number of nitrogens with two attached hydrogens (primary N) is 1. The van der Waals surface area contributed by atoms with E-state index in [4.69, 9.17) is 10.9 Å². The van der Waals surface area contributed by atoms with Gasteiger partial charge in [0, 0.05) is 6.42 Å². The number of hydroxylamine groups is 1. The van der Waals surface area contributed by atoms with E-state index in [1.807, 2.05) is 0 Å². The van der Waals surface area contributed by atoms with Crippen molar-refractivity contribution in [3.05, 3.63) is 59.7 Å². The minimum Gasteiger partial charge on any atom is -0.369 e. The summed E-state index contributed by atoms with van der Waals surface area (Å²) in [7, 11) is 0. The lowest BCUT2D eigenvalue weighted by molar-refractivity contribution is -0.137. The van der Waals surface area contributed by atoms with Crippen LogP contribution in [0.25, 0.3) is 11.1 Å². The zero-order valence-electron chi connectivity index (χ0n) is 13.6. The molecule has 8 heteroatoms. The molecule has 2 aromatic rings. The molecule has 0 aliphatic rings. The topological polar surface area (TPSA) is 92.4 Å². The van der Waals surface area contributed by atoms with Gasteiger partial charge in [-0.25, -0.2) is 5.48 Å². The summed E-state index contributed by atoms with van der Waals surface area (Å²) >= 11 is 0. The largest absolute Gasteiger partial charge is 0.417 e. The highest BCUT2D eigenvalue weighted by Crippen LogP contribution is 2.36. The molecule has 138 valence electrons. The Bertz CT molecular complexity index is 789. The number of benzene rings is 2. The van der Waals surface area contributed by atoms with Gasteiger partial charge in [-0.2, -0.15) is 13.2 Å². The van der Waals surface area contributed by atoms with Crippen molar-refractivity contribution in [2.45, 2.75) is 19.0 Å². The first-order chi connectivity index (χ1) is 12.2. The van der Waals surface area contributed by atoms with Gasteiger partial charge in [-0.3, -0.25) is 14.8 Å². The molecule has 5 nitrogen and oxygen atoms in total. The average Bonchev–Trinajstić information content (AvgIpc) is 2.60. The Balaban J connectivity index is 2.24. The van der Waals surface area contributed by atoms with Crippen LogP contribution in [0.5, 0.6) is 0 Å². The highest BCUT2D eigenvalue weighted by molar-refractivity contribution is 5.84. The molecule has 2 amide bonds. The minimum absolute atomic E-state index is 0.0534. The maximum absolute atomic E-state index is 13.1. The van der Waals surface area contributed by atoms with Gasteiger partial charge in [0.05, 0.1) is 11.5 Å². The van der Waals surface area contributed by atoms with Crippen molar-refractivity contribution in [2.75, 3.05) is 0 Å². The second-order valence-corrected chi connectivity index (χ2v) is 5.78. The number of halogens is 3. The van der Waals surface area contributed by atoms with Gasteiger partial charge in [0.2, 0.25) is 11.8 Å². The van der Waals surface area contributed by atoms with Crippen LogP contribution in [0.3, 0.4) is 0 Å². The van der Waals surface area contributed by atoms with E-state index in [0.29, 0.717) is 11.1 Å². The third-order valence-corrected chi connectivity index (χ3v) is 3.94. The zero-order valence-corrected chi connectivity index (χ0v) is 13.6. The van der Waals surface area contributed by atoms with E-state index < -0.39 is 29.5 Å². The first-order valence-electron chi connectivity index (χ1n) is 7.70. The van der Waals surface area contributed by atoms with E-state index in [1.165, 1.54) is 35.8 Å². The van der Waals surface area contributed by atoms with Crippen molar-refractivity contribution in [3.63, 3.8) is 0 Å². The minimum atomic E-state index is -4.47. The van der Waals surface area contributed by atoms with Crippen LogP contribution in [0, 0.1) is 5.92 Å². The van der Waals surface area contributed by atoms with Gasteiger partial charge in [-0.1, -0.05) is 42.5 Å². The van der Waals surface area contributed by atoms with Gasteiger partial charge in [0.15, 0.2) is 0 Å². The lowest BCUT2D eigenvalue weighted by atomic mass is 9.93. The maximum atomic E-state index is 13.1. The molecule has 0 saturated heterocycles. The zero-order chi connectivity index (χ0) is 19.3. The molecule has 26 heavy (non-hydrogen) atoms. The van der Waals surface area contributed by atoms with Crippen LogP contribution in [0.15, 0.2) is 48.5 Å². The van der Waals surface area contributed by atoms with Crippen molar-refractivity contribution in [2.24, 2.45) is 11.7 Å². The Morgan fingerprint density at radius 3 is 2.23 bits per heavy atom. The van der Waals surface area contributed by atoms with E-state index >= 15 is 0 Å². The van der Waals surface area contributed by atoms with Gasteiger partial charge in [-0.05, 0) is 29.2 Å². The summed E-state index contributed by atoms with van der Waals surface area (Å²) < 4.78 is 39.4. The lowest BCUT2D eigenvalue weighted by Crippen LogP contribution is -2.31. The highest BCUT2D eigenvalue weighted by atomic mass is 19.4. The number of carbonyl (C=O) groups is 2. The van der Waals surface area contributed by atoms with Crippen LogP contribution in [-0.4, -0.2) is 17.0 Å². The van der Waals surface area contributed by atoms with Crippen molar-refractivity contribution in [1.29, 1.82) is 0 Å². The fraction of sp³-hybridized carbons (Fsp3) is 0.222. The Morgan fingerprint density at radius 2 is 1.69 bits per heavy atom. The summed E-state index contributed by atoms with van der Waals surface area (Å²) in [5, 5.41) is 8.54. The summed E-state index contributed by atoms with van der Waals surface area (Å²) in [5.41, 5.74) is 7.02. The molecule has 0 radical (unpaired) electrons. The molecule has 0 aromatic heterocycles. The van der Waals surface area contributed by atoms with Gasteiger partial charge in [0.25, 0.3) is 0 Å². The SMILES string of the molecule is NC(=O)[C@@H](CC(=O)NO)Cc1ccc(-c2ccccc2C(F)(F)F)cc1. The number of carbonyl (C=O) groups excluding carboxylic acids is 2. The van der Waals surface area contributed by atoms with Crippen LogP contribution < -0.4 is 11.2 Å². The van der Waals surface area contributed by atoms with Crippen molar-refractivity contribution >= 4 is 11.8 Å². The maximum Gasteiger partial charge on any atom is 0.417 e. The predicted octanol–water partition coefficient (Wildman–Crippen LogP) is 2.91.